The van der Waals surface area contributed by atoms with E-state index in [0.29, 0.717) is 12.8 Å². The molecule has 0 unspecified atom stereocenters. The maximum atomic E-state index is 12.9. The van der Waals surface area contributed by atoms with Gasteiger partial charge in [0, 0.05) is 0 Å². The first kappa shape index (κ1) is 20.9. The maximum Gasteiger partial charge on any atom is 0.416 e. The number of imide groups is 1. The first-order valence-electron chi connectivity index (χ1n) is 9.45. The zero-order valence-electron chi connectivity index (χ0n) is 16.2. The zero-order valence-corrected chi connectivity index (χ0v) is 16.2. The summed E-state index contributed by atoms with van der Waals surface area (Å²) in [6, 6.07) is 9.36. The number of benzene rings is 1. The van der Waals surface area contributed by atoms with E-state index in [1.165, 1.54) is 4.90 Å². The molecule has 27 heavy (non-hydrogen) atoms. The molecule has 4 atom stereocenters. The van der Waals surface area contributed by atoms with E-state index in [1.54, 1.807) is 6.92 Å². The summed E-state index contributed by atoms with van der Waals surface area (Å²) in [5, 5.41) is 10.6. The van der Waals surface area contributed by atoms with Crippen molar-refractivity contribution in [3.63, 3.8) is 0 Å². The topological polar surface area (TPSA) is 66.8 Å². The third-order valence-corrected chi connectivity index (χ3v) is 4.94. The quantitative estimate of drug-likeness (QED) is 0.707. The van der Waals surface area contributed by atoms with Crippen molar-refractivity contribution >= 4 is 12.0 Å². The molecule has 146 valence electrons. The van der Waals surface area contributed by atoms with Crippen molar-refractivity contribution in [1.82, 2.24) is 4.90 Å². The number of aliphatic hydroxyl groups is 1. The zero-order chi connectivity index (χ0) is 19.8. The summed E-state index contributed by atoms with van der Waals surface area (Å²) < 4.78 is 5.12. The summed E-state index contributed by atoms with van der Waals surface area (Å²) >= 11 is 0. The minimum atomic E-state index is -0.835. The number of carbonyl (C=O) groups excluding carboxylic acids is 2. The lowest BCUT2D eigenvalue weighted by Gasteiger charge is -2.28. The molecule has 0 bridgehead atoms. The van der Waals surface area contributed by atoms with Crippen molar-refractivity contribution < 1.29 is 19.4 Å². The molecule has 0 radical (unpaired) electrons. The summed E-state index contributed by atoms with van der Waals surface area (Å²) in [7, 11) is 0. The molecule has 1 N–H and O–H groups in total. The van der Waals surface area contributed by atoms with E-state index in [9.17, 15) is 14.7 Å². The first-order valence-corrected chi connectivity index (χ1v) is 9.45. The highest BCUT2D eigenvalue weighted by atomic mass is 16.6. The van der Waals surface area contributed by atoms with Crippen LogP contribution >= 0.6 is 0 Å². The van der Waals surface area contributed by atoms with Crippen LogP contribution in [-0.2, 0) is 16.0 Å². The van der Waals surface area contributed by atoms with Crippen LogP contribution in [0, 0.1) is 11.8 Å². The molecule has 0 saturated carbocycles. The van der Waals surface area contributed by atoms with Gasteiger partial charge < -0.3 is 9.84 Å². The lowest BCUT2D eigenvalue weighted by Crippen LogP contribution is -2.46. The molecule has 1 aromatic carbocycles. The summed E-state index contributed by atoms with van der Waals surface area (Å²) in [6.45, 7) is 5.69. The SMILES string of the molecule is C/C=C/C=C/C[C@@H](C)[C@H](O)[C@@H](C)C(=O)N1C(=O)OC[C@@H]1Cc1ccccc1. The highest BCUT2D eigenvalue weighted by Crippen LogP contribution is 2.24. The molecular formula is C22H29NO4. The van der Waals surface area contributed by atoms with Crippen molar-refractivity contribution in [2.24, 2.45) is 11.8 Å². The Kier molecular flexibility index (Phi) is 7.80. The van der Waals surface area contributed by atoms with E-state index in [2.05, 4.69) is 0 Å². The molecule has 1 aromatic rings. The van der Waals surface area contributed by atoms with Crippen LogP contribution in [0.2, 0.25) is 0 Å². The van der Waals surface area contributed by atoms with Gasteiger partial charge in [0.05, 0.1) is 18.1 Å². The molecule has 0 aliphatic carbocycles. The molecule has 2 rings (SSSR count). The lowest BCUT2D eigenvalue weighted by molar-refractivity contribution is -0.137. The van der Waals surface area contributed by atoms with E-state index in [0.717, 1.165) is 5.56 Å². The van der Waals surface area contributed by atoms with Gasteiger partial charge in [-0.1, -0.05) is 68.5 Å². The molecule has 5 heteroatoms. The average Bonchev–Trinajstić information content (AvgIpc) is 3.04. The van der Waals surface area contributed by atoms with Gasteiger partial charge in [-0.2, -0.15) is 0 Å². The van der Waals surface area contributed by atoms with Crippen LogP contribution in [-0.4, -0.2) is 40.8 Å². The highest BCUT2D eigenvalue weighted by molar-refractivity contribution is 5.95. The van der Waals surface area contributed by atoms with E-state index in [1.807, 2.05) is 68.5 Å². The summed E-state index contributed by atoms with van der Waals surface area (Å²) in [4.78, 5) is 26.2. The number of aliphatic hydroxyl groups excluding tert-OH is 1. The number of ether oxygens (including phenoxy) is 1. The summed E-state index contributed by atoms with van der Waals surface area (Å²) in [5.74, 6) is -1.16. The molecule has 2 amide bonds. The fourth-order valence-electron chi connectivity index (χ4n) is 3.25. The smallest absolute Gasteiger partial charge is 0.416 e. The van der Waals surface area contributed by atoms with E-state index < -0.39 is 18.1 Å². The standard InChI is InChI=1S/C22H29NO4/c1-4-5-6-8-11-16(2)20(24)17(3)21(25)23-19(15-27-22(23)26)14-18-12-9-7-10-13-18/h4-10,12-13,16-17,19-20,24H,11,14-15H2,1-3H3/b5-4+,8-6+/t16-,17-,19+,20+/m1/s1. The number of carbonyl (C=O) groups is 2. The minimum Gasteiger partial charge on any atom is -0.447 e. The second kappa shape index (κ2) is 10.1. The van der Waals surface area contributed by atoms with Gasteiger partial charge in [-0.3, -0.25) is 4.79 Å². The molecule has 1 fully saturated rings. The van der Waals surface area contributed by atoms with Crippen LogP contribution in [0.5, 0.6) is 0 Å². The largest absolute Gasteiger partial charge is 0.447 e. The Balaban J connectivity index is 2.02. The molecule has 1 aliphatic rings. The first-order chi connectivity index (χ1) is 13.0. The fourth-order valence-corrected chi connectivity index (χ4v) is 3.25. The van der Waals surface area contributed by atoms with Gasteiger partial charge in [0.15, 0.2) is 0 Å². The average molecular weight is 371 g/mol. The van der Waals surface area contributed by atoms with Gasteiger partial charge >= 0.3 is 6.09 Å². The fraction of sp³-hybridized carbons (Fsp3) is 0.455. The van der Waals surface area contributed by atoms with Crippen molar-refractivity contribution in [3.8, 4) is 0 Å². The van der Waals surface area contributed by atoms with Gasteiger partial charge in [0.1, 0.15) is 6.61 Å². The Morgan fingerprint density at radius 2 is 2.00 bits per heavy atom. The van der Waals surface area contributed by atoms with Crippen LogP contribution in [0.25, 0.3) is 0 Å². The second-order valence-electron chi connectivity index (χ2n) is 7.07. The van der Waals surface area contributed by atoms with Gasteiger partial charge in [0.2, 0.25) is 5.91 Å². The second-order valence-corrected chi connectivity index (χ2v) is 7.07. The maximum absolute atomic E-state index is 12.9. The molecule has 1 heterocycles. The molecule has 0 aromatic heterocycles. The predicted molar refractivity (Wildman–Crippen MR) is 105 cm³/mol. The minimum absolute atomic E-state index is 0.100. The van der Waals surface area contributed by atoms with Crippen LogP contribution in [0.4, 0.5) is 4.79 Å². The summed E-state index contributed by atoms with van der Waals surface area (Å²) in [5.41, 5.74) is 1.04. The number of allylic oxidation sites excluding steroid dienone is 4. The Hall–Kier alpha value is -2.40. The van der Waals surface area contributed by atoms with E-state index in [-0.39, 0.29) is 24.5 Å². The van der Waals surface area contributed by atoms with Crippen LogP contribution in [0.3, 0.4) is 0 Å². The van der Waals surface area contributed by atoms with Gasteiger partial charge in [-0.25, -0.2) is 9.69 Å². The van der Waals surface area contributed by atoms with Crippen molar-refractivity contribution in [1.29, 1.82) is 0 Å². The predicted octanol–water partition coefficient (Wildman–Crippen LogP) is 3.73. The number of hydrogen-bond acceptors (Lipinski definition) is 4. The van der Waals surface area contributed by atoms with Gasteiger partial charge in [-0.05, 0) is 31.2 Å². The molecular weight excluding hydrogens is 342 g/mol. The Morgan fingerprint density at radius 3 is 2.67 bits per heavy atom. The van der Waals surface area contributed by atoms with Crippen molar-refractivity contribution in [2.75, 3.05) is 6.61 Å². The number of amides is 2. The normalized spacial score (nSPS) is 20.8. The Morgan fingerprint density at radius 1 is 1.30 bits per heavy atom. The molecule has 5 nitrogen and oxygen atoms in total. The van der Waals surface area contributed by atoms with Gasteiger partial charge in [0.25, 0.3) is 0 Å². The van der Waals surface area contributed by atoms with Gasteiger partial charge in [-0.15, -0.1) is 0 Å². The molecule has 0 spiro atoms. The Labute approximate surface area is 161 Å². The lowest BCUT2D eigenvalue weighted by atomic mass is 9.89. The van der Waals surface area contributed by atoms with Crippen LogP contribution in [0.1, 0.15) is 32.8 Å². The van der Waals surface area contributed by atoms with Crippen molar-refractivity contribution in [3.05, 3.63) is 60.2 Å². The van der Waals surface area contributed by atoms with E-state index >= 15 is 0 Å². The number of nitrogens with zero attached hydrogens (tertiary/aromatic N) is 1. The third-order valence-electron chi connectivity index (χ3n) is 4.94. The number of rotatable bonds is 8. The van der Waals surface area contributed by atoms with Crippen molar-refractivity contribution in [2.45, 2.75) is 45.8 Å². The van der Waals surface area contributed by atoms with Crippen LogP contribution < -0.4 is 0 Å². The molecule has 1 saturated heterocycles. The van der Waals surface area contributed by atoms with Crippen LogP contribution in [0.15, 0.2) is 54.6 Å². The molecule has 1 aliphatic heterocycles. The number of hydrogen-bond donors (Lipinski definition) is 1. The monoisotopic (exact) mass is 371 g/mol. The third kappa shape index (κ3) is 5.54. The number of cyclic esters (lactones) is 1. The van der Waals surface area contributed by atoms with E-state index in [4.69, 9.17) is 4.74 Å². The Bertz CT molecular complexity index is 683. The highest BCUT2D eigenvalue weighted by Gasteiger charge is 2.41. The summed E-state index contributed by atoms with van der Waals surface area (Å²) in [6.07, 6.45) is 7.47.